The normalized spacial score (nSPS) is 21.6. The summed E-state index contributed by atoms with van der Waals surface area (Å²) in [4.78, 5) is 0. The molecule has 0 aromatic heterocycles. The van der Waals surface area contributed by atoms with E-state index in [1.165, 1.54) is 24.8 Å². The summed E-state index contributed by atoms with van der Waals surface area (Å²) in [6.07, 6.45) is 15.5. The van der Waals surface area contributed by atoms with E-state index in [1.54, 1.807) is 17.7 Å². The van der Waals surface area contributed by atoms with Crippen molar-refractivity contribution < 1.29 is 0 Å². The Bertz CT molecular complexity index is 480. The van der Waals surface area contributed by atoms with Crippen LogP contribution in [0.5, 0.6) is 0 Å². The third-order valence-corrected chi connectivity index (χ3v) is 5.49. The Morgan fingerprint density at radius 3 is 1.56 bits per heavy atom. The van der Waals surface area contributed by atoms with Crippen molar-refractivity contribution in [1.29, 1.82) is 0 Å². The number of hydrogen-bond donors (Lipinski definition) is 0. The number of hydrogen-bond acceptors (Lipinski definition) is 0. The lowest BCUT2D eigenvalue weighted by molar-refractivity contribution is 0.123. The molecule has 1 rings (SSSR count). The van der Waals surface area contributed by atoms with Crippen LogP contribution in [0.25, 0.3) is 0 Å². The lowest BCUT2D eigenvalue weighted by Crippen LogP contribution is -2.35. The van der Waals surface area contributed by atoms with Crippen molar-refractivity contribution in [2.45, 2.75) is 109 Å². The van der Waals surface area contributed by atoms with Crippen molar-refractivity contribution in [3.05, 3.63) is 73.9 Å². The monoisotopic (exact) mass is 446 g/mol. The average molecular weight is 447 g/mol. The summed E-state index contributed by atoms with van der Waals surface area (Å²) in [5, 5.41) is 0. The molecule has 0 heterocycles. The van der Waals surface area contributed by atoms with E-state index in [0.29, 0.717) is 5.92 Å². The van der Waals surface area contributed by atoms with E-state index in [1.807, 2.05) is 67.5 Å². The molecule has 1 aliphatic rings. The van der Waals surface area contributed by atoms with E-state index in [9.17, 15) is 0 Å². The largest absolute Gasteiger partial charge is 0.0991 e. The zero-order chi connectivity index (χ0) is 26.8. The molecule has 0 amide bonds. The van der Waals surface area contributed by atoms with Gasteiger partial charge in [0.1, 0.15) is 0 Å². The molecule has 0 bridgehead atoms. The van der Waals surface area contributed by atoms with Gasteiger partial charge in [-0.15, -0.1) is 0 Å². The summed E-state index contributed by atoms with van der Waals surface area (Å²) in [7, 11) is 0. The van der Waals surface area contributed by atoms with E-state index in [-0.39, 0.29) is 5.41 Å². The highest BCUT2D eigenvalue weighted by Gasteiger charge is 2.40. The minimum atomic E-state index is 0.246. The van der Waals surface area contributed by atoms with Gasteiger partial charge in [0.15, 0.2) is 0 Å². The Morgan fingerprint density at radius 2 is 1.28 bits per heavy atom. The molecule has 3 atom stereocenters. The maximum Gasteiger partial charge on any atom is -0.00696 e. The van der Waals surface area contributed by atoms with Crippen LogP contribution >= 0.6 is 0 Å². The molecule has 1 fully saturated rings. The summed E-state index contributed by atoms with van der Waals surface area (Å²) >= 11 is 0. The molecular weight excluding hydrogens is 384 g/mol. The van der Waals surface area contributed by atoms with Gasteiger partial charge in [0.05, 0.1) is 0 Å². The van der Waals surface area contributed by atoms with Crippen molar-refractivity contribution >= 4 is 0 Å². The summed E-state index contributed by atoms with van der Waals surface area (Å²) in [5.74, 6) is 2.27. The maximum atomic E-state index is 4.01. The van der Waals surface area contributed by atoms with Crippen LogP contribution in [0.15, 0.2) is 73.9 Å². The highest BCUT2D eigenvalue weighted by molar-refractivity contribution is 5.30. The first kappa shape index (κ1) is 40.8. The molecule has 32 heavy (non-hydrogen) atoms. The third kappa shape index (κ3) is 17.0. The fourth-order valence-corrected chi connectivity index (χ4v) is 3.84. The minimum Gasteiger partial charge on any atom is -0.0991 e. The van der Waals surface area contributed by atoms with Crippen LogP contribution in [0.2, 0.25) is 0 Å². The Labute approximate surface area is 206 Å². The Balaban J connectivity index is -0.000000172. The molecule has 1 saturated carbocycles. The molecule has 0 radical (unpaired) electrons. The molecule has 0 heteroatoms. The molecule has 0 N–H and O–H groups in total. The molecule has 0 saturated heterocycles. The third-order valence-electron chi connectivity index (χ3n) is 5.49. The van der Waals surface area contributed by atoms with Crippen molar-refractivity contribution in [2.24, 2.45) is 23.2 Å². The van der Waals surface area contributed by atoms with Gasteiger partial charge in [-0.1, -0.05) is 145 Å². The highest BCUT2D eigenvalue weighted by Crippen LogP contribution is 2.51. The van der Waals surface area contributed by atoms with Crippen molar-refractivity contribution in [1.82, 2.24) is 0 Å². The quantitative estimate of drug-likeness (QED) is 0.281. The summed E-state index contributed by atoms with van der Waals surface area (Å²) < 4.78 is 0. The van der Waals surface area contributed by atoms with Crippen LogP contribution in [0.4, 0.5) is 0 Å². The van der Waals surface area contributed by atoms with Crippen molar-refractivity contribution in [2.75, 3.05) is 0 Å². The van der Waals surface area contributed by atoms with E-state index in [0.717, 1.165) is 11.8 Å². The molecule has 0 nitrogen and oxygen atoms in total. The van der Waals surface area contributed by atoms with Gasteiger partial charge >= 0.3 is 0 Å². The number of rotatable bonds is 6. The average Bonchev–Trinajstić information content (AvgIpc) is 2.86. The van der Waals surface area contributed by atoms with Crippen LogP contribution in [0.1, 0.15) is 109 Å². The van der Waals surface area contributed by atoms with Gasteiger partial charge in [0, 0.05) is 0 Å². The smallest absolute Gasteiger partial charge is 0.00696 e. The standard InChI is InChI=1S/C20H32.C4H6.4C2H6/c1-8-11-17(10-3)20(7)13-12-18(15(4)5)19(14-20)16(6)9-2;1-3-4-2;4*1-2/h8-11,15,18-19H,1,3,12-14H2,2,4-7H3;3-4H,1-2H2;4*1-2H3/b16-9+,17-11+;;;;;. The Hall–Kier alpha value is -1.56. The van der Waals surface area contributed by atoms with Crippen LogP contribution in [-0.2, 0) is 0 Å². The minimum absolute atomic E-state index is 0.246. The molecule has 0 aliphatic heterocycles. The summed E-state index contributed by atoms with van der Waals surface area (Å²) in [6.45, 7) is 42.2. The zero-order valence-corrected chi connectivity index (χ0v) is 24.6. The molecule has 0 aromatic carbocycles. The Kier molecular flexibility index (Phi) is 37.5. The highest BCUT2D eigenvalue weighted by atomic mass is 14.4. The van der Waals surface area contributed by atoms with Gasteiger partial charge < -0.3 is 0 Å². The van der Waals surface area contributed by atoms with Gasteiger partial charge in [-0.2, -0.15) is 0 Å². The predicted molar refractivity (Wildman–Crippen MR) is 157 cm³/mol. The molecule has 1 aliphatic carbocycles. The topological polar surface area (TPSA) is 0 Å². The molecule has 190 valence electrons. The second-order valence-corrected chi connectivity index (χ2v) is 7.38. The Morgan fingerprint density at radius 1 is 0.844 bits per heavy atom. The van der Waals surface area contributed by atoms with E-state index < -0.39 is 0 Å². The summed E-state index contributed by atoms with van der Waals surface area (Å²) in [6, 6.07) is 0. The zero-order valence-electron chi connectivity index (χ0n) is 24.6. The molecule has 3 unspecified atom stereocenters. The predicted octanol–water partition coefficient (Wildman–Crippen LogP) is 11.8. The van der Waals surface area contributed by atoms with E-state index in [2.05, 4.69) is 73.1 Å². The fraction of sp³-hybridized carbons (Fsp3) is 0.625. The fourth-order valence-electron chi connectivity index (χ4n) is 3.84. The van der Waals surface area contributed by atoms with Crippen LogP contribution in [-0.4, -0.2) is 0 Å². The second-order valence-electron chi connectivity index (χ2n) is 7.38. The maximum absolute atomic E-state index is 4.01. The molecule has 0 spiro atoms. The van der Waals surface area contributed by atoms with Gasteiger partial charge in [0.2, 0.25) is 0 Å². The van der Waals surface area contributed by atoms with Crippen LogP contribution in [0.3, 0.4) is 0 Å². The van der Waals surface area contributed by atoms with E-state index >= 15 is 0 Å². The van der Waals surface area contributed by atoms with E-state index in [4.69, 9.17) is 0 Å². The van der Waals surface area contributed by atoms with Gasteiger partial charge in [-0.3, -0.25) is 0 Å². The first-order valence-corrected chi connectivity index (χ1v) is 13.1. The summed E-state index contributed by atoms with van der Waals surface area (Å²) in [5.41, 5.74) is 3.15. The first-order chi connectivity index (χ1) is 15.3. The second kappa shape index (κ2) is 29.4. The van der Waals surface area contributed by atoms with Crippen LogP contribution in [0, 0.1) is 23.2 Å². The van der Waals surface area contributed by atoms with Gasteiger partial charge in [0.25, 0.3) is 0 Å². The lowest BCUT2D eigenvalue weighted by atomic mass is 9.59. The van der Waals surface area contributed by atoms with Gasteiger partial charge in [-0.25, -0.2) is 0 Å². The van der Waals surface area contributed by atoms with Gasteiger partial charge in [-0.05, 0) is 61.9 Å². The SMILES string of the molecule is C=C/C=C(\C=C)C1(C)CCC(C(C)C)C(/C(C)=C/C)C1.C=CC=C.CC.CC.CC.CC. The first-order valence-electron chi connectivity index (χ1n) is 13.1. The van der Waals surface area contributed by atoms with Crippen molar-refractivity contribution in [3.63, 3.8) is 0 Å². The lowest BCUT2D eigenvalue weighted by Gasteiger charge is -2.45. The van der Waals surface area contributed by atoms with Crippen LogP contribution < -0.4 is 0 Å². The number of allylic oxidation sites excluding steroid dienone is 8. The molecular formula is C32H62. The van der Waals surface area contributed by atoms with Crippen molar-refractivity contribution in [3.8, 4) is 0 Å². The molecule has 0 aromatic rings.